The van der Waals surface area contributed by atoms with E-state index in [4.69, 9.17) is 4.74 Å². The molecule has 5 heteroatoms. The lowest BCUT2D eigenvalue weighted by molar-refractivity contribution is 0.412. The van der Waals surface area contributed by atoms with E-state index in [1.54, 1.807) is 13.4 Å². The first-order valence-electron chi connectivity index (χ1n) is 6.66. The zero-order valence-electron chi connectivity index (χ0n) is 11.9. The molecule has 1 rings (SSSR count). The molecule has 1 heterocycles. The summed E-state index contributed by atoms with van der Waals surface area (Å²) >= 11 is 0. The fraction of sp³-hybridized carbons (Fsp3) is 0.692. The first-order valence-corrected chi connectivity index (χ1v) is 6.66. The zero-order chi connectivity index (χ0) is 13.4. The second-order valence-corrected chi connectivity index (χ2v) is 4.10. The van der Waals surface area contributed by atoms with Gasteiger partial charge in [0.15, 0.2) is 11.6 Å². The molecule has 0 radical (unpaired) electrons. The summed E-state index contributed by atoms with van der Waals surface area (Å²) < 4.78 is 5.47. The van der Waals surface area contributed by atoms with E-state index in [-0.39, 0.29) is 0 Å². The fourth-order valence-electron chi connectivity index (χ4n) is 1.93. The van der Waals surface area contributed by atoms with E-state index in [9.17, 15) is 0 Å². The van der Waals surface area contributed by atoms with Crippen molar-refractivity contribution in [2.45, 2.75) is 33.6 Å². The van der Waals surface area contributed by atoms with Gasteiger partial charge in [-0.25, -0.2) is 9.97 Å². The Morgan fingerprint density at radius 2 is 1.83 bits per heavy atom. The van der Waals surface area contributed by atoms with Crippen molar-refractivity contribution in [2.75, 3.05) is 37.0 Å². The highest BCUT2D eigenvalue weighted by Crippen LogP contribution is 2.31. The van der Waals surface area contributed by atoms with Crippen molar-refractivity contribution in [3.8, 4) is 5.75 Å². The summed E-state index contributed by atoms with van der Waals surface area (Å²) in [5, 5.41) is 3.20. The summed E-state index contributed by atoms with van der Waals surface area (Å²) in [6.45, 7) is 9.15. The molecule has 18 heavy (non-hydrogen) atoms. The number of methoxy groups -OCH3 is 1. The summed E-state index contributed by atoms with van der Waals surface area (Å²) in [5.41, 5.74) is 0. The summed E-state index contributed by atoms with van der Waals surface area (Å²) in [7, 11) is 1.67. The molecule has 0 amide bonds. The summed E-state index contributed by atoms with van der Waals surface area (Å²) in [6, 6.07) is 0. The highest BCUT2D eigenvalue weighted by molar-refractivity contribution is 5.64. The van der Waals surface area contributed by atoms with Crippen molar-refractivity contribution in [2.24, 2.45) is 0 Å². The Balaban J connectivity index is 3.07. The molecule has 0 saturated heterocycles. The van der Waals surface area contributed by atoms with Crippen LogP contribution >= 0.6 is 0 Å². The minimum absolute atomic E-state index is 0.737. The molecule has 0 aromatic carbocycles. The molecular formula is C13H24N4O. The number of hydrogen-bond donors (Lipinski definition) is 1. The number of nitrogens with one attached hydrogen (secondary N) is 1. The van der Waals surface area contributed by atoms with Crippen molar-refractivity contribution in [1.29, 1.82) is 0 Å². The number of anilines is 2. The molecule has 0 unspecified atom stereocenters. The van der Waals surface area contributed by atoms with Gasteiger partial charge in [0.05, 0.1) is 7.11 Å². The van der Waals surface area contributed by atoms with Gasteiger partial charge in [0.2, 0.25) is 5.75 Å². The minimum atomic E-state index is 0.737. The smallest absolute Gasteiger partial charge is 0.204 e. The number of hydrogen-bond acceptors (Lipinski definition) is 5. The SMILES string of the molecule is CCCN(CCC)c1ncnc(NCC)c1OC. The second-order valence-electron chi connectivity index (χ2n) is 4.10. The van der Waals surface area contributed by atoms with Crippen LogP contribution in [0.15, 0.2) is 6.33 Å². The Kier molecular flexibility index (Phi) is 6.25. The van der Waals surface area contributed by atoms with Crippen LogP contribution in [0.25, 0.3) is 0 Å². The van der Waals surface area contributed by atoms with Crippen LogP contribution in [-0.2, 0) is 0 Å². The van der Waals surface area contributed by atoms with Crippen LogP contribution in [0.1, 0.15) is 33.6 Å². The molecule has 0 spiro atoms. The van der Waals surface area contributed by atoms with E-state index in [1.165, 1.54) is 0 Å². The van der Waals surface area contributed by atoms with Gasteiger partial charge < -0.3 is 15.0 Å². The average molecular weight is 252 g/mol. The number of nitrogens with zero attached hydrogens (tertiary/aromatic N) is 3. The largest absolute Gasteiger partial charge is 0.490 e. The van der Waals surface area contributed by atoms with Crippen molar-refractivity contribution in [3.05, 3.63) is 6.33 Å². The quantitative estimate of drug-likeness (QED) is 0.770. The van der Waals surface area contributed by atoms with Crippen molar-refractivity contribution in [3.63, 3.8) is 0 Å². The Morgan fingerprint density at radius 1 is 1.17 bits per heavy atom. The molecule has 0 fully saturated rings. The van der Waals surface area contributed by atoms with Crippen LogP contribution in [0.5, 0.6) is 5.75 Å². The molecule has 1 aromatic rings. The van der Waals surface area contributed by atoms with Crippen molar-refractivity contribution < 1.29 is 4.74 Å². The van der Waals surface area contributed by atoms with Crippen LogP contribution < -0.4 is 15.0 Å². The second kappa shape index (κ2) is 7.74. The average Bonchev–Trinajstić information content (AvgIpc) is 2.38. The van der Waals surface area contributed by atoms with Crippen LogP contribution in [0.3, 0.4) is 0 Å². The van der Waals surface area contributed by atoms with Crippen LogP contribution in [0, 0.1) is 0 Å². The zero-order valence-corrected chi connectivity index (χ0v) is 11.9. The molecule has 0 aliphatic heterocycles. The molecule has 0 bridgehead atoms. The third-order valence-corrected chi connectivity index (χ3v) is 2.62. The Morgan fingerprint density at radius 3 is 2.33 bits per heavy atom. The van der Waals surface area contributed by atoms with Crippen LogP contribution in [-0.4, -0.2) is 36.7 Å². The molecule has 0 saturated carbocycles. The molecule has 1 N–H and O–H groups in total. The number of aromatic nitrogens is 2. The summed E-state index contributed by atoms with van der Waals surface area (Å²) in [6.07, 6.45) is 3.77. The molecule has 5 nitrogen and oxygen atoms in total. The Hall–Kier alpha value is -1.52. The van der Waals surface area contributed by atoms with E-state index in [0.717, 1.165) is 49.9 Å². The van der Waals surface area contributed by atoms with Gasteiger partial charge in [0, 0.05) is 19.6 Å². The van der Waals surface area contributed by atoms with Gasteiger partial charge >= 0.3 is 0 Å². The summed E-state index contributed by atoms with van der Waals surface area (Å²) in [4.78, 5) is 10.9. The van der Waals surface area contributed by atoms with E-state index < -0.39 is 0 Å². The van der Waals surface area contributed by atoms with Gasteiger partial charge in [-0.05, 0) is 19.8 Å². The maximum Gasteiger partial charge on any atom is 0.204 e. The van der Waals surface area contributed by atoms with E-state index >= 15 is 0 Å². The van der Waals surface area contributed by atoms with E-state index in [1.807, 2.05) is 6.92 Å². The van der Waals surface area contributed by atoms with Gasteiger partial charge in [-0.3, -0.25) is 0 Å². The van der Waals surface area contributed by atoms with E-state index in [0.29, 0.717) is 0 Å². The van der Waals surface area contributed by atoms with Gasteiger partial charge in [-0.1, -0.05) is 13.8 Å². The highest BCUT2D eigenvalue weighted by atomic mass is 16.5. The number of rotatable bonds is 8. The third-order valence-electron chi connectivity index (χ3n) is 2.62. The maximum atomic E-state index is 5.47. The third kappa shape index (κ3) is 3.48. The predicted molar refractivity (Wildman–Crippen MR) is 75.5 cm³/mol. The van der Waals surface area contributed by atoms with Gasteiger partial charge in [-0.2, -0.15) is 0 Å². The Labute approximate surface area is 110 Å². The normalized spacial score (nSPS) is 10.2. The molecule has 0 atom stereocenters. The standard InChI is InChI=1S/C13H24N4O/c1-5-8-17(9-6-2)13-11(18-4)12(14-7-3)15-10-16-13/h10H,5-9H2,1-4H3,(H,14,15,16). The number of ether oxygens (including phenoxy) is 1. The topological polar surface area (TPSA) is 50.3 Å². The Bertz CT molecular complexity index is 351. The lowest BCUT2D eigenvalue weighted by atomic mass is 10.3. The monoisotopic (exact) mass is 252 g/mol. The maximum absolute atomic E-state index is 5.47. The minimum Gasteiger partial charge on any atom is -0.490 e. The van der Waals surface area contributed by atoms with Crippen LogP contribution in [0.2, 0.25) is 0 Å². The predicted octanol–water partition coefficient (Wildman–Crippen LogP) is 2.54. The van der Waals surface area contributed by atoms with Crippen molar-refractivity contribution in [1.82, 2.24) is 9.97 Å². The molecule has 102 valence electrons. The lowest BCUT2D eigenvalue weighted by Crippen LogP contribution is -2.26. The van der Waals surface area contributed by atoms with Crippen molar-refractivity contribution >= 4 is 11.6 Å². The molecular weight excluding hydrogens is 228 g/mol. The molecule has 1 aromatic heterocycles. The highest BCUT2D eigenvalue weighted by Gasteiger charge is 2.16. The first kappa shape index (κ1) is 14.5. The van der Waals surface area contributed by atoms with Gasteiger partial charge in [0.25, 0.3) is 0 Å². The van der Waals surface area contributed by atoms with Gasteiger partial charge in [-0.15, -0.1) is 0 Å². The fourth-order valence-corrected chi connectivity index (χ4v) is 1.93. The summed E-state index contributed by atoms with van der Waals surface area (Å²) in [5.74, 6) is 2.38. The molecule has 0 aliphatic carbocycles. The van der Waals surface area contributed by atoms with E-state index in [2.05, 4.69) is 34.0 Å². The lowest BCUT2D eigenvalue weighted by Gasteiger charge is -2.25. The van der Waals surface area contributed by atoms with Crippen LogP contribution in [0.4, 0.5) is 11.6 Å². The van der Waals surface area contributed by atoms with Gasteiger partial charge in [0.1, 0.15) is 6.33 Å². The molecule has 0 aliphatic rings. The first-order chi connectivity index (χ1) is 8.78.